The summed E-state index contributed by atoms with van der Waals surface area (Å²) in [6, 6.07) is 9.08. The average molecular weight is 475 g/mol. The molecule has 5 nitrogen and oxygen atoms in total. The first-order valence-corrected chi connectivity index (χ1v) is 11.5. The number of benzene rings is 2. The number of hydrogen-bond donors (Lipinski definition) is 0. The molecule has 1 aliphatic rings. The topological polar surface area (TPSA) is 45.9 Å². The smallest absolute Gasteiger partial charge is 0.416 e. The standard InChI is InChI=1S/C26H29F3N2O3/c1-18-14-24-22(16-23(18)33-2)25(32)19(17-34-24)6-3-4-9-30-10-12-31(13-11-30)21-8-5-7-20(15-21)26(27,28)29/h5,7-8,14-17H,3-4,6,9-13H2,1-2H3. The minimum Gasteiger partial charge on any atom is -0.496 e. The maximum absolute atomic E-state index is 13.0. The van der Waals surface area contributed by atoms with Crippen LogP contribution in [-0.4, -0.2) is 44.7 Å². The molecule has 1 aliphatic heterocycles. The van der Waals surface area contributed by atoms with Crippen LogP contribution in [0.2, 0.25) is 0 Å². The van der Waals surface area contributed by atoms with Crippen LogP contribution in [0.25, 0.3) is 11.0 Å². The number of halogens is 3. The molecule has 0 amide bonds. The molecule has 3 aromatic rings. The number of anilines is 1. The van der Waals surface area contributed by atoms with Gasteiger partial charge >= 0.3 is 6.18 Å². The molecule has 0 saturated carbocycles. The van der Waals surface area contributed by atoms with Gasteiger partial charge in [0.1, 0.15) is 11.3 Å². The van der Waals surface area contributed by atoms with Crippen molar-refractivity contribution in [3.63, 3.8) is 0 Å². The summed E-state index contributed by atoms with van der Waals surface area (Å²) < 4.78 is 50.0. The van der Waals surface area contributed by atoms with Crippen molar-refractivity contribution in [1.29, 1.82) is 0 Å². The summed E-state index contributed by atoms with van der Waals surface area (Å²) in [7, 11) is 1.58. The van der Waals surface area contributed by atoms with Crippen LogP contribution in [0.4, 0.5) is 18.9 Å². The SMILES string of the molecule is COc1cc2c(=O)c(CCCCN3CCN(c4cccc(C(F)(F)F)c4)CC3)coc2cc1C. The fraction of sp³-hybridized carbons (Fsp3) is 0.423. The van der Waals surface area contributed by atoms with E-state index in [1.165, 1.54) is 12.1 Å². The van der Waals surface area contributed by atoms with E-state index < -0.39 is 11.7 Å². The number of ether oxygens (including phenoxy) is 1. The number of methoxy groups -OCH3 is 1. The fourth-order valence-electron chi connectivity index (χ4n) is 4.45. The Hall–Kier alpha value is -3.00. The van der Waals surface area contributed by atoms with Gasteiger partial charge in [-0.05, 0) is 68.6 Å². The molecule has 0 aliphatic carbocycles. The molecular weight excluding hydrogens is 445 g/mol. The Kier molecular flexibility index (Phi) is 7.16. The monoisotopic (exact) mass is 474 g/mol. The highest BCUT2D eigenvalue weighted by atomic mass is 19.4. The third-order valence-corrected chi connectivity index (χ3v) is 6.44. The minimum atomic E-state index is -4.33. The molecule has 2 aromatic carbocycles. The maximum Gasteiger partial charge on any atom is 0.416 e. The van der Waals surface area contributed by atoms with Gasteiger partial charge in [-0.15, -0.1) is 0 Å². The van der Waals surface area contributed by atoms with Crippen molar-refractivity contribution in [1.82, 2.24) is 4.90 Å². The minimum absolute atomic E-state index is 0.0192. The highest BCUT2D eigenvalue weighted by Gasteiger charge is 2.31. The first-order valence-electron chi connectivity index (χ1n) is 11.5. The largest absolute Gasteiger partial charge is 0.496 e. The second-order valence-electron chi connectivity index (χ2n) is 8.74. The zero-order valence-electron chi connectivity index (χ0n) is 19.5. The first-order chi connectivity index (χ1) is 16.3. The molecule has 1 saturated heterocycles. The molecule has 8 heteroatoms. The third kappa shape index (κ3) is 5.38. The molecule has 0 bridgehead atoms. The lowest BCUT2D eigenvalue weighted by molar-refractivity contribution is -0.137. The Balaban J connectivity index is 1.27. The summed E-state index contributed by atoms with van der Waals surface area (Å²) in [6.45, 7) is 5.78. The Bertz CT molecular complexity index is 1200. The summed E-state index contributed by atoms with van der Waals surface area (Å²) >= 11 is 0. The van der Waals surface area contributed by atoms with Crippen molar-refractivity contribution >= 4 is 16.7 Å². The van der Waals surface area contributed by atoms with Gasteiger partial charge in [0.05, 0.1) is 24.3 Å². The third-order valence-electron chi connectivity index (χ3n) is 6.44. The highest BCUT2D eigenvalue weighted by molar-refractivity contribution is 5.79. The van der Waals surface area contributed by atoms with Crippen LogP contribution in [0.1, 0.15) is 29.5 Å². The number of alkyl halides is 3. The van der Waals surface area contributed by atoms with Crippen molar-refractivity contribution in [2.24, 2.45) is 0 Å². The number of nitrogens with zero attached hydrogens (tertiary/aromatic N) is 2. The maximum atomic E-state index is 13.0. The van der Waals surface area contributed by atoms with E-state index >= 15 is 0 Å². The lowest BCUT2D eigenvalue weighted by Crippen LogP contribution is -2.46. The van der Waals surface area contributed by atoms with Crippen LogP contribution in [0, 0.1) is 6.92 Å². The molecule has 4 rings (SSSR count). The van der Waals surface area contributed by atoms with Gasteiger partial charge in [0.25, 0.3) is 0 Å². The number of unbranched alkanes of at least 4 members (excludes halogenated alkanes) is 1. The van der Waals surface area contributed by atoms with Crippen molar-refractivity contribution in [2.45, 2.75) is 32.4 Å². The number of piperazine rings is 1. The van der Waals surface area contributed by atoms with E-state index in [2.05, 4.69) is 4.90 Å². The van der Waals surface area contributed by atoms with E-state index in [1.54, 1.807) is 25.5 Å². The summed E-state index contributed by atoms with van der Waals surface area (Å²) in [5, 5.41) is 0.533. The van der Waals surface area contributed by atoms with Gasteiger partial charge in [-0.25, -0.2) is 0 Å². The number of rotatable bonds is 7. The number of fused-ring (bicyclic) bond motifs is 1. The van der Waals surface area contributed by atoms with Crippen molar-refractivity contribution in [2.75, 3.05) is 44.7 Å². The van der Waals surface area contributed by atoms with Crippen LogP contribution >= 0.6 is 0 Å². The first kappa shape index (κ1) is 24.1. The van der Waals surface area contributed by atoms with Gasteiger partial charge in [-0.1, -0.05) is 6.07 Å². The van der Waals surface area contributed by atoms with Crippen LogP contribution < -0.4 is 15.1 Å². The second kappa shape index (κ2) is 10.1. The fourth-order valence-corrected chi connectivity index (χ4v) is 4.45. The number of hydrogen-bond acceptors (Lipinski definition) is 5. The average Bonchev–Trinajstić information content (AvgIpc) is 2.83. The highest BCUT2D eigenvalue weighted by Crippen LogP contribution is 2.32. The summed E-state index contributed by atoms with van der Waals surface area (Å²) in [4.78, 5) is 17.2. The van der Waals surface area contributed by atoms with Gasteiger partial charge in [0, 0.05) is 37.4 Å². The molecule has 0 radical (unpaired) electrons. The van der Waals surface area contributed by atoms with Crippen molar-refractivity contribution in [3.05, 3.63) is 69.6 Å². The predicted molar refractivity (Wildman–Crippen MR) is 127 cm³/mol. The van der Waals surface area contributed by atoms with Gasteiger partial charge in [0.2, 0.25) is 0 Å². The molecule has 182 valence electrons. The van der Waals surface area contributed by atoms with E-state index in [9.17, 15) is 18.0 Å². The van der Waals surface area contributed by atoms with E-state index in [0.29, 0.717) is 47.5 Å². The predicted octanol–water partition coefficient (Wildman–Crippen LogP) is 5.27. The Labute approximate surface area is 196 Å². The van der Waals surface area contributed by atoms with Gasteiger partial charge in [0.15, 0.2) is 5.43 Å². The Morgan fingerprint density at radius 1 is 1.06 bits per heavy atom. The van der Waals surface area contributed by atoms with Gasteiger partial charge in [-0.2, -0.15) is 13.2 Å². The van der Waals surface area contributed by atoms with Crippen LogP contribution in [0.15, 0.2) is 51.9 Å². The van der Waals surface area contributed by atoms with Crippen LogP contribution in [-0.2, 0) is 12.6 Å². The van der Waals surface area contributed by atoms with E-state index in [4.69, 9.17) is 9.15 Å². The molecular formula is C26H29F3N2O3. The summed E-state index contributed by atoms with van der Waals surface area (Å²) in [5.74, 6) is 0.668. The van der Waals surface area contributed by atoms with Gasteiger partial charge < -0.3 is 14.1 Å². The molecule has 2 heterocycles. The normalized spacial score (nSPS) is 15.1. The lowest BCUT2D eigenvalue weighted by atomic mass is 10.1. The zero-order chi connectivity index (χ0) is 24.3. The quantitative estimate of drug-likeness (QED) is 0.437. The summed E-state index contributed by atoms with van der Waals surface area (Å²) in [5.41, 5.74) is 2.12. The van der Waals surface area contributed by atoms with Crippen LogP contribution in [0.3, 0.4) is 0 Å². The van der Waals surface area contributed by atoms with Gasteiger partial charge in [-0.3, -0.25) is 9.69 Å². The molecule has 1 fully saturated rings. The van der Waals surface area contributed by atoms with E-state index in [-0.39, 0.29) is 5.43 Å². The second-order valence-corrected chi connectivity index (χ2v) is 8.74. The molecule has 1 aromatic heterocycles. The molecule has 0 N–H and O–H groups in total. The summed E-state index contributed by atoms with van der Waals surface area (Å²) in [6.07, 6.45) is -0.348. The Morgan fingerprint density at radius 2 is 1.82 bits per heavy atom. The van der Waals surface area contributed by atoms with E-state index in [1.807, 2.05) is 17.9 Å². The van der Waals surface area contributed by atoms with E-state index in [0.717, 1.165) is 44.1 Å². The molecule has 0 atom stereocenters. The van der Waals surface area contributed by atoms with Crippen molar-refractivity contribution in [3.8, 4) is 5.75 Å². The molecule has 34 heavy (non-hydrogen) atoms. The Morgan fingerprint density at radius 3 is 2.53 bits per heavy atom. The molecule has 0 spiro atoms. The lowest BCUT2D eigenvalue weighted by Gasteiger charge is -2.36. The zero-order valence-corrected chi connectivity index (χ0v) is 19.5. The molecule has 0 unspecified atom stereocenters. The van der Waals surface area contributed by atoms with Crippen molar-refractivity contribution < 1.29 is 22.3 Å². The number of aryl methyl sites for hydroxylation is 2. The van der Waals surface area contributed by atoms with Crippen LogP contribution in [0.5, 0.6) is 5.75 Å².